The first-order valence-electron chi connectivity index (χ1n) is 7.83. The molecule has 1 aromatic carbocycles. The van der Waals surface area contributed by atoms with Gasteiger partial charge in [-0.1, -0.05) is 46.2 Å². The van der Waals surface area contributed by atoms with E-state index in [0.29, 0.717) is 0 Å². The van der Waals surface area contributed by atoms with Crippen molar-refractivity contribution in [2.75, 3.05) is 7.05 Å². The van der Waals surface area contributed by atoms with Crippen molar-refractivity contribution >= 4 is 5.91 Å². The smallest absolute Gasteiger partial charge is 0.254 e. The SMILES string of the molecule is CC.Cc1cc(C(=O)N(C)C(C)(C)C)cc(C(C)(C)C)c1. The molecule has 21 heavy (non-hydrogen) atoms. The molecule has 0 unspecified atom stereocenters. The average molecular weight is 291 g/mol. The Morgan fingerprint density at radius 2 is 1.43 bits per heavy atom. The summed E-state index contributed by atoms with van der Waals surface area (Å²) < 4.78 is 0. The van der Waals surface area contributed by atoms with Crippen LogP contribution in [0.5, 0.6) is 0 Å². The topological polar surface area (TPSA) is 20.3 Å². The minimum Gasteiger partial charge on any atom is -0.337 e. The van der Waals surface area contributed by atoms with Gasteiger partial charge in [0.2, 0.25) is 0 Å². The van der Waals surface area contributed by atoms with E-state index < -0.39 is 0 Å². The fourth-order valence-corrected chi connectivity index (χ4v) is 1.84. The van der Waals surface area contributed by atoms with E-state index in [1.54, 1.807) is 4.90 Å². The molecule has 1 rings (SSSR count). The lowest BCUT2D eigenvalue weighted by Gasteiger charge is -2.32. The van der Waals surface area contributed by atoms with Crippen LogP contribution in [0.25, 0.3) is 0 Å². The number of carbonyl (C=O) groups excluding carboxylic acids is 1. The number of nitrogens with zero attached hydrogens (tertiary/aromatic N) is 1. The quantitative estimate of drug-likeness (QED) is 0.697. The van der Waals surface area contributed by atoms with Crippen molar-refractivity contribution in [3.63, 3.8) is 0 Å². The second kappa shape index (κ2) is 7.11. The van der Waals surface area contributed by atoms with Gasteiger partial charge in [0.25, 0.3) is 5.91 Å². The van der Waals surface area contributed by atoms with Gasteiger partial charge in [-0.25, -0.2) is 0 Å². The summed E-state index contributed by atoms with van der Waals surface area (Å²) in [5.74, 6) is 0.0849. The molecule has 0 aliphatic carbocycles. The first-order valence-corrected chi connectivity index (χ1v) is 7.83. The lowest BCUT2D eigenvalue weighted by molar-refractivity contribution is 0.0655. The Labute approximate surface area is 131 Å². The van der Waals surface area contributed by atoms with Crippen molar-refractivity contribution in [1.29, 1.82) is 0 Å². The Kier molecular flexibility index (Phi) is 6.66. The van der Waals surface area contributed by atoms with Gasteiger partial charge < -0.3 is 4.90 Å². The van der Waals surface area contributed by atoms with Gasteiger partial charge in [0.1, 0.15) is 0 Å². The van der Waals surface area contributed by atoms with E-state index >= 15 is 0 Å². The van der Waals surface area contributed by atoms with Crippen LogP contribution in [-0.2, 0) is 5.41 Å². The normalized spacial score (nSPS) is 11.5. The number of aryl methyl sites for hydroxylation is 1. The van der Waals surface area contributed by atoms with Crippen molar-refractivity contribution in [1.82, 2.24) is 4.90 Å². The summed E-state index contributed by atoms with van der Waals surface area (Å²) in [5.41, 5.74) is 3.02. The van der Waals surface area contributed by atoms with Gasteiger partial charge in [-0.3, -0.25) is 4.79 Å². The number of hydrogen-bond acceptors (Lipinski definition) is 1. The predicted octanol–water partition coefficient (Wildman–Crippen LogP) is 5.19. The molecule has 0 aliphatic heterocycles. The van der Waals surface area contributed by atoms with Gasteiger partial charge >= 0.3 is 0 Å². The molecule has 0 radical (unpaired) electrons. The first kappa shape index (κ1) is 19.7. The van der Waals surface area contributed by atoms with Crippen LogP contribution in [-0.4, -0.2) is 23.4 Å². The third kappa shape index (κ3) is 5.53. The molecular weight excluding hydrogens is 258 g/mol. The number of rotatable bonds is 1. The van der Waals surface area contributed by atoms with Crippen LogP contribution in [0.15, 0.2) is 18.2 Å². The Hall–Kier alpha value is -1.31. The fraction of sp³-hybridized carbons (Fsp3) is 0.632. The molecule has 1 amide bonds. The minimum atomic E-state index is -0.164. The lowest BCUT2D eigenvalue weighted by Crippen LogP contribution is -2.42. The van der Waals surface area contributed by atoms with Crippen LogP contribution >= 0.6 is 0 Å². The van der Waals surface area contributed by atoms with E-state index in [0.717, 1.165) is 11.1 Å². The van der Waals surface area contributed by atoms with Crippen molar-refractivity contribution in [2.45, 2.75) is 73.3 Å². The third-order valence-electron chi connectivity index (χ3n) is 3.50. The summed E-state index contributed by atoms with van der Waals surface area (Å²) in [5, 5.41) is 0. The zero-order valence-corrected chi connectivity index (χ0v) is 15.6. The van der Waals surface area contributed by atoms with Crippen molar-refractivity contribution < 1.29 is 4.79 Å². The van der Waals surface area contributed by atoms with Crippen LogP contribution in [0.2, 0.25) is 0 Å². The maximum absolute atomic E-state index is 12.5. The van der Waals surface area contributed by atoms with E-state index in [4.69, 9.17) is 0 Å². The molecule has 0 saturated heterocycles. The zero-order valence-electron chi connectivity index (χ0n) is 15.6. The Balaban J connectivity index is 0.00000191. The van der Waals surface area contributed by atoms with Crippen LogP contribution in [0.3, 0.4) is 0 Å². The van der Waals surface area contributed by atoms with Gasteiger partial charge in [0.15, 0.2) is 0 Å². The maximum Gasteiger partial charge on any atom is 0.254 e. The summed E-state index contributed by atoms with van der Waals surface area (Å²) in [6.07, 6.45) is 0. The fourth-order valence-electron chi connectivity index (χ4n) is 1.84. The molecular formula is C19H33NO. The van der Waals surface area contributed by atoms with E-state index in [-0.39, 0.29) is 16.9 Å². The Morgan fingerprint density at radius 3 is 1.81 bits per heavy atom. The molecule has 0 spiro atoms. The Morgan fingerprint density at radius 1 is 0.952 bits per heavy atom. The van der Waals surface area contributed by atoms with E-state index in [9.17, 15) is 4.79 Å². The molecule has 0 N–H and O–H groups in total. The minimum absolute atomic E-state index is 0.0569. The summed E-state index contributed by atoms with van der Waals surface area (Å²) in [7, 11) is 1.86. The van der Waals surface area contributed by atoms with Gasteiger partial charge in [0.05, 0.1) is 0 Å². The standard InChI is InChI=1S/C17H27NO.C2H6/c1-12-9-13(11-14(10-12)16(2,3)4)15(19)18(8)17(5,6)7;1-2/h9-11H,1-8H3;1-2H3. The highest BCUT2D eigenvalue weighted by Gasteiger charge is 2.24. The molecule has 0 saturated carbocycles. The number of amides is 1. The molecule has 0 fully saturated rings. The number of hydrogen-bond donors (Lipinski definition) is 0. The maximum atomic E-state index is 12.5. The van der Waals surface area contributed by atoms with Crippen LogP contribution < -0.4 is 0 Å². The molecule has 0 aliphatic rings. The third-order valence-corrected chi connectivity index (χ3v) is 3.50. The van der Waals surface area contributed by atoms with E-state index in [1.165, 1.54) is 5.56 Å². The second-order valence-electron chi connectivity index (χ2n) is 7.37. The highest BCUT2D eigenvalue weighted by Crippen LogP contribution is 2.25. The molecule has 0 atom stereocenters. The van der Waals surface area contributed by atoms with E-state index in [1.807, 2.05) is 60.7 Å². The molecule has 0 bridgehead atoms. The van der Waals surface area contributed by atoms with Crippen LogP contribution in [0.1, 0.15) is 76.9 Å². The summed E-state index contributed by atoms with van der Waals surface area (Å²) >= 11 is 0. The van der Waals surface area contributed by atoms with Gasteiger partial charge in [-0.2, -0.15) is 0 Å². The summed E-state index contributed by atoms with van der Waals surface area (Å²) in [6, 6.07) is 6.16. The highest BCUT2D eigenvalue weighted by molar-refractivity contribution is 5.95. The largest absolute Gasteiger partial charge is 0.337 e. The molecule has 2 nitrogen and oxygen atoms in total. The van der Waals surface area contributed by atoms with Gasteiger partial charge in [0, 0.05) is 18.2 Å². The number of benzene rings is 1. The average Bonchev–Trinajstić information content (AvgIpc) is 2.36. The highest BCUT2D eigenvalue weighted by atomic mass is 16.2. The number of carbonyl (C=O) groups is 1. The zero-order chi connectivity index (χ0) is 17.0. The van der Waals surface area contributed by atoms with Crippen LogP contribution in [0, 0.1) is 6.92 Å². The van der Waals surface area contributed by atoms with Crippen molar-refractivity contribution in [3.05, 3.63) is 34.9 Å². The van der Waals surface area contributed by atoms with Crippen molar-refractivity contribution in [3.8, 4) is 0 Å². The summed E-state index contributed by atoms with van der Waals surface area (Å²) in [4.78, 5) is 14.3. The molecule has 120 valence electrons. The molecule has 1 aromatic rings. The molecule has 0 heterocycles. The monoisotopic (exact) mass is 291 g/mol. The van der Waals surface area contributed by atoms with Gasteiger partial charge in [-0.15, -0.1) is 0 Å². The Bertz CT molecular complexity index is 475. The predicted molar refractivity (Wildman–Crippen MR) is 93.1 cm³/mol. The lowest BCUT2D eigenvalue weighted by atomic mass is 9.85. The van der Waals surface area contributed by atoms with E-state index in [2.05, 4.69) is 26.8 Å². The van der Waals surface area contributed by atoms with Crippen LogP contribution in [0.4, 0.5) is 0 Å². The summed E-state index contributed by atoms with van der Waals surface area (Å²) in [6.45, 7) is 18.7. The second-order valence-corrected chi connectivity index (χ2v) is 7.37. The first-order chi connectivity index (χ1) is 9.43. The molecule has 0 aromatic heterocycles. The van der Waals surface area contributed by atoms with Gasteiger partial charge in [-0.05, 0) is 50.8 Å². The molecule has 2 heteroatoms. The van der Waals surface area contributed by atoms with Crippen molar-refractivity contribution in [2.24, 2.45) is 0 Å².